The first-order valence-electron chi connectivity index (χ1n) is 3.40. The second kappa shape index (κ2) is 5.20. The van der Waals surface area contributed by atoms with E-state index in [4.69, 9.17) is 32.7 Å². The van der Waals surface area contributed by atoms with E-state index in [-0.39, 0.29) is 6.10 Å². The van der Waals surface area contributed by atoms with Crippen LogP contribution >= 0.6 is 23.2 Å². The van der Waals surface area contributed by atoms with Crippen molar-refractivity contribution in [2.75, 3.05) is 18.9 Å². The molecule has 0 atom stereocenters. The van der Waals surface area contributed by atoms with E-state index in [1.54, 1.807) is 7.11 Å². The second-order valence-corrected chi connectivity index (χ2v) is 3.27. The molecule has 0 spiro atoms. The predicted octanol–water partition coefficient (Wildman–Crippen LogP) is 2.23. The molecular weight excluding hydrogens is 187 g/mol. The van der Waals surface area contributed by atoms with Gasteiger partial charge in [-0.3, -0.25) is 0 Å². The molecule has 0 N–H and O–H groups in total. The van der Waals surface area contributed by atoms with Gasteiger partial charge in [-0.2, -0.15) is 0 Å². The van der Waals surface area contributed by atoms with Crippen molar-refractivity contribution in [2.24, 2.45) is 0 Å². The van der Waals surface area contributed by atoms with E-state index in [0.29, 0.717) is 11.8 Å². The average Bonchev–Trinajstić information content (AvgIpc) is 2.00. The van der Waals surface area contributed by atoms with Crippen molar-refractivity contribution < 1.29 is 9.47 Å². The zero-order valence-electron chi connectivity index (χ0n) is 7.06. The Morgan fingerprint density at radius 3 is 2.00 bits per heavy atom. The molecule has 0 aliphatic heterocycles. The van der Waals surface area contributed by atoms with Crippen LogP contribution in [0.3, 0.4) is 0 Å². The van der Waals surface area contributed by atoms with Gasteiger partial charge in [0.2, 0.25) is 0 Å². The predicted molar refractivity (Wildman–Crippen MR) is 47.4 cm³/mol. The monoisotopic (exact) mass is 200 g/mol. The molecule has 0 bridgehead atoms. The fraction of sp³-hybridized carbons (Fsp3) is 1.00. The molecule has 0 aromatic heterocycles. The Hall–Kier alpha value is 0.500. The van der Waals surface area contributed by atoms with E-state index in [2.05, 4.69) is 0 Å². The lowest BCUT2D eigenvalue weighted by molar-refractivity contribution is -0.214. The summed E-state index contributed by atoms with van der Waals surface area (Å²) in [5.74, 6) is 0.168. The maximum absolute atomic E-state index is 5.57. The third-order valence-electron chi connectivity index (χ3n) is 1.29. The van der Waals surface area contributed by atoms with Gasteiger partial charge in [0.15, 0.2) is 5.79 Å². The van der Waals surface area contributed by atoms with Crippen LogP contribution < -0.4 is 0 Å². The fourth-order valence-electron chi connectivity index (χ4n) is 0.554. The topological polar surface area (TPSA) is 18.5 Å². The van der Waals surface area contributed by atoms with Gasteiger partial charge in [0.05, 0.1) is 6.10 Å². The molecule has 0 rings (SSSR count). The van der Waals surface area contributed by atoms with Crippen LogP contribution in [-0.4, -0.2) is 30.8 Å². The maximum Gasteiger partial charge on any atom is 0.162 e. The highest BCUT2D eigenvalue weighted by atomic mass is 35.5. The smallest absolute Gasteiger partial charge is 0.162 e. The molecule has 0 aliphatic carbocycles. The highest BCUT2D eigenvalue weighted by molar-refractivity contribution is 6.21. The molecule has 0 saturated heterocycles. The first-order valence-corrected chi connectivity index (χ1v) is 4.47. The van der Waals surface area contributed by atoms with Crippen LogP contribution in [0.4, 0.5) is 0 Å². The lowest BCUT2D eigenvalue weighted by Crippen LogP contribution is -2.34. The van der Waals surface area contributed by atoms with Gasteiger partial charge in [-0.1, -0.05) is 0 Å². The molecule has 0 amide bonds. The number of hydrogen-bond acceptors (Lipinski definition) is 2. The van der Waals surface area contributed by atoms with Crippen LogP contribution in [0.15, 0.2) is 0 Å². The van der Waals surface area contributed by atoms with E-state index >= 15 is 0 Å². The number of hydrogen-bond donors (Lipinski definition) is 0. The van der Waals surface area contributed by atoms with Gasteiger partial charge in [-0.05, 0) is 13.8 Å². The minimum atomic E-state index is -0.603. The Morgan fingerprint density at radius 2 is 1.73 bits per heavy atom. The maximum atomic E-state index is 5.57. The average molecular weight is 201 g/mol. The molecule has 0 aromatic rings. The minimum Gasteiger partial charge on any atom is -0.354 e. The van der Waals surface area contributed by atoms with Gasteiger partial charge in [0.1, 0.15) is 0 Å². The minimum absolute atomic E-state index is 0.145. The Morgan fingerprint density at radius 1 is 1.27 bits per heavy atom. The lowest BCUT2D eigenvalue weighted by atomic mass is 10.3. The molecule has 0 fully saturated rings. The van der Waals surface area contributed by atoms with Gasteiger partial charge < -0.3 is 9.47 Å². The highest BCUT2D eigenvalue weighted by Crippen LogP contribution is 2.14. The molecule has 0 aromatic carbocycles. The van der Waals surface area contributed by atoms with Gasteiger partial charge in [-0.15, -0.1) is 23.2 Å². The van der Waals surface area contributed by atoms with Crippen molar-refractivity contribution in [3.8, 4) is 0 Å². The summed E-state index contributed by atoms with van der Waals surface area (Å²) in [5.41, 5.74) is 0. The molecule has 2 nitrogen and oxygen atoms in total. The molecule has 0 heterocycles. The number of ether oxygens (including phenoxy) is 2. The Bertz CT molecular complexity index is 103. The zero-order chi connectivity index (χ0) is 8.91. The normalized spacial score (nSPS) is 12.5. The summed E-state index contributed by atoms with van der Waals surface area (Å²) in [6.45, 7) is 3.64. The fourth-order valence-corrected chi connectivity index (χ4v) is 1.01. The first-order chi connectivity index (χ1) is 5.05. The largest absolute Gasteiger partial charge is 0.354 e. The SMILES string of the molecule is COC(C)(C)OC(CCl)CCl. The molecule has 68 valence electrons. The molecule has 0 radical (unpaired) electrons. The molecule has 0 unspecified atom stereocenters. The summed E-state index contributed by atoms with van der Waals surface area (Å²) < 4.78 is 10.4. The number of methoxy groups -OCH3 is 1. The second-order valence-electron chi connectivity index (χ2n) is 2.65. The van der Waals surface area contributed by atoms with Crippen molar-refractivity contribution in [3.05, 3.63) is 0 Å². The standard InChI is InChI=1S/C7H14Cl2O2/c1-7(2,10-3)11-6(4-8)5-9/h6H,4-5H2,1-3H3. The van der Waals surface area contributed by atoms with Crippen LogP contribution in [0, 0.1) is 0 Å². The van der Waals surface area contributed by atoms with Crippen LogP contribution in [0.5, 0.6) is 0 Å². The van der Waals surface area contributed by atoms with Crippen molar-refractivity contribution >= 4 is 23.2 Å². The summed E-state index contributed by atoms with van der Waals surface area (Å²) in [6, 6.07) is 0. The Kier molecular flexibility index (Phi) is 5.44. The molecule has 0 aliphatic rings. The lowest BCUT2D eigenvalue weighted by Gasteiger charge is -2.27. The molecule has 11 heavy (non-hydrogen) atoms. The Balaban J connectivity index is 3.79. The van der Waals surface area contributed by atoms with Crippen molar-refractivity contribution in [1.29, 1.82) is 0 Å². The van der Waals surface area contributed by atoms with E-state index in [1.165, 1.54) is 0 Å². The molecule has 0 saturated carbocycles. The number of alkyl halides is 2. The third-order valence-corrected chi connectivity index (χ3v) is 1.97. The summed E-state index contributed by atoms with van der Waals surface area (Å²) in [4.78, 5) is 0. The molecule has 4 heteroatoms. The zero-order valence-corrected chi connectivity index (χ0v) is 8.58. The summed E-state index contributed by atoms with van der Waals surface area (Å²) in [7, 11) is 1.58. The van der Waals surface area contributed by atoms with Gasteiger partial charge >= 0.3 is 0 Å². The molecular formula is C7H14Cl2O2. The van der Waals surface area contributed by atoms with Crippen LogP contribution in [0.25, 0.3) is 0 Å². The first kappa shape index (κ1) is 11.5. The van der Waals surface area contributed by atoms with Crippen molar-refractivity contribution in [1.82, 2.24) is 0 Å². The summed E-state index contributed by atoms with van der Waals surface area (Å²) >= 11 is 11.1. The van der Waals surface area contributed by atoms with Crippen LogP contribution in [-0.2, 0) is 9.47 Å². The van der Waals surface area contributed by atoms with Gasteiger partial charge in [0, 0.05) is 18.9 Å². The van der Waals surface area contributed by atoms with Crippen molar-refractivity contribution in [2.45, 2.75) is 25.7 Å². The highest BCUT2D eigenvalue weighted by Gasteiger charge is 2.21. The third kappa shape index (κ3) is 4.86. The summed E-state index contributed by atoms with van der Waals surface area (Å²) in [5, 5.41) is 0. The van der Waals surface area contributed by atoms with Crippen LogP contribution in [0.1, 0.15) is 13.8 Å². The van der Waals surface area contributed by atoms with E-state index in [9.17, 15) is 0 Å². The quantitative estimate of drug-likeness (QED) is 0.501. The van der Waals surface area contributed by atoms with Gasteiger partial charge in [0.25, 0.3) is 0 Å². The van der Waals surface area contributed by atoms with Gasteiger partial charge in [-0.25, -0.2) is 0 Å². The van der Waals surface area contributed by atoms with E-state index in [0.717, 1.165) is 0 Å². The van der Waals surface area contributed by atoms with E-state index in [1.807, 2.05) is 13.8 Å². The van der Waals surface area contributed by atoms with E-state index < -0.39 is 5.79 Å². The Labute approximate surface area is 77.8 Å². The summed E-state index contributed by atoms with van der Waals surface area (Å²) in [6.07, 6.45) is -0.145. The number of rotatable bonds is 5. The number of halogens is 2. The van der Waals surface area contributed by atoms with Crippen molar-refractivity contribution in [3.63, 3.8) is 0 Å². The van der Waals surface area contributed by atoms with Crippen LogP contribution in [0.2, 0.25) is 0 Å².